The van der Waals surface area contributed by atoms with Crippen molar-refractivity contribution in [2.75, 3.05) is 7.05 Å². The molecular formula is C14H18N2O4S. The minimum atomic E-state index is -3.65. The average Bonchev–Trinajstić information content (AvgIpc) is 2.88. The maximum absolute atomic E-state index is 12.2. The van der Waals surface area contributed by atoms with Crippen LogP contribution in [0, 0.1) is 5.92 Å². The molecule has 2 unspecified atom stereocenters. The lowest BCUT2D eigenvalue weighted by Crippen LogP contribution is -2.42. The summed E-state index contributed by atoms with van der Waals surface area (Å²) in [7, 11) is -2.16. The summed E-state index contributed by atoms with van der Waals surface area (Å²) in [5, 5.41) is 8.89. The number of benzene rings is 1. The van der Waals surface area contributed by atoms with Gasteiger partial charge < -0.3 is 5.11 Å². The van der Waals surface area contributed by atoms with Gasteiger partial charge in [0, 0.05) is 19.6 Å². The molecule has 0 amide bonds. The number of nitrogens with one attached hydrogen (secondary N) is 1. The van der Waals surface area contributed by atoms with Crippen LogP contribution in [0.5, 0.6) is 0 Å². The highest BCUT2D eigenvalue weighted by molar-refractivity contribution is 7.87. The van der Waals surface area contributed by atoms with E-state index in [0.29, 0.717) is 0 Å². The Bertz CT molecular complexity index is 628. The van der Waals surface area contributed by atoms with Gasteiger partial charge in [-0.05, 0) is 12.0 Å². The van der Waals surface area contributed by atoms with Gasteiger partial charge in [0.15, 0.2) is 0 Å². The van der Waals surface area contributed by atoms with Gasteiger partial charge in [-0.25, -0.2) is 0 Å². The Hall–Kier alpha value is -1.70. The Labute approximate surface area is 124 Å². The fraction of sp³-hybridized carbons (Fsp3) is 0.357. The Morgan fingerprint density at radius 1 is 1.33 bits per heavy atom. The third kappa shape index (κ3) is 4.13. The fourth-order valence-corrected chi connectivity index (χ4v) is 3.23. The number of rotatable bonds is 6. The first-order chi connectivity index (χ1) is 9.88. The maximum Gasteiger partial charge on any atom is 0.310 e. The third-order valence-electron chi connectivity index (χ3n) is 3.36. The monoisotopic (exact) mass is 310 g/mol. The molecule has 0 spiro atoms. The zero-order valence-corrected chi connectivity index (χ0v) is 12.5. The van der Waals surface area contributed by atoms with Crippen molar-refractivity contribution in [3.8, 4) is 0 Å². The van der Waals surface area contributed by atoms with Crippen LogP contribution in [0.15, 0.2) is 42.5 Å². The van der Waals surface area contributed by atoms with Crippen molar-refractivity contribution >= 4 is 16.2 Å². The molecule has 0 saturated carbocycles. The molecule has 0 bridgehead atoms. The summed E-state index contributed by atoms with van der Waals surface area (Å²) in [6.45, 7) is 0.259. The Morgan fingerprint density at radius 3 is 2.57 bits per heavy atom. The van der Waals surface area contributed by atoms with Gasteiger partial charge in [-0.2, -0.15) is 17.4 Å². The van der Waals surface area contributed by atoms with Gasteiger partial charge in [0.25, 0.3) is 10.2 Å². The lowest BCUT2D eigenvalue weighted by molar-refractivity contribution is -0.140. The van der Waals surface area contributed by atoms with E-state index < -0.39 is 28.1 Å². The van der Waals surface area contributed by atoms with E-state index in [1.165, 1.54) is 17.4 Å². The predicted molar refractivity (Wildman–Crippen MR) is 78.6 cm³/mol. The molecule has 0 heterocycles. The number of hydrogen-bond donors (Lipinski definition) is 2. The molecule has 2 atom stereocenters. The molecule has 2 rings (SSSR count). The molecule has 114 valence electrons. The van der Waals surface area contributed by atoms with E-state index in [0.717, 1.165) is 5.56 Å². The number of nitrogens with zero attached hydrogens (tertiary/aromatic N) is 1. The first kappa shape index (κ1) is 15.7. The van der Waals surface area contributed by atoms with Crippen LogP contribution in [0.25, 0.3) is 0 Å². The van der Waals surface area contributed by atoms with E-state index in [2.05, 4.69) is 4.72 Å². The molecule has 1 aromatic carbocycles. The van der Waals surface area contributed by atoms with E-state index in [1.807, 2.05) is 30.3 Å². The highest BCUT2D eigenvalue weighted by Gasteiger charge is 2.28. The van der Waals surface area contributed by atoms with Gasteiger partial charge in [0.05, 0.1) is 5.92 Å². The van der Waals surface area contributed by atoms with Crippen molar-refractivity contribution in [2.45, 2.75) is 19.0 Å². The van der Waals surface area contributed by atoms with Crippen LogP contribution in [0.2, 0.25) is 0 Å². The molecule has 21 heavy (non-hydrogen) atoms. The molecule has 7 heteroatoms. The minimum absolute atomic E-state index is 0.244. The van der Waals surface area contributed by atoms with Crippen molar-refractivity contribution in [3.63, 3.8) is 0 Å². The van der Waals surface area contributed by atoms with Crippen LogP contribution in [0.3, 0.4) is 0 Å². The smallest absolute Gasteiger partial charge is 0.310 e. The topological polar surface area (TPSA) is 86.7 Å². The highest BCUT2D eigenvalue weighted by Crippen LogP contribution is 2.19. The van der Waals surface area contributed by atoms with E-state index in [4.69, 9.17) is 5.11 Å². The lowest BCUT2D eigenvalue weighted by atomic mass is 10.1. The predicted octanol–water partition coefficient (Wildman–Crippen LogP) is 0.982. The molecule has 1 aliphatic carbocycles. The third-order valence-corrected chi connectivity index (χ3v) is 4.91. The summed E-state index contributed by atoms with van der Waals surface area (Å²) in [5.41, 5.74) is 0.885. The van der Waals surface area contributed by atoms with E-state index in [1.54, 1.807) is 6.08 Å². The summed E-state index contributed by atoms with van der Waals surface area (Å²) in [6, 6.07) is 8.78. The Morgan fingerprint density at radius 2 is 2.00 bits per heavy atom. The van der Waals surface area contributed by atoms with Gasteiger partial charge in [-0.15, -0.1) is 0 Å². The maximum atomic E-state index is 12.2. The number of carboxylic acid groups (broad SMARTS) is 1. The normalized spacial score (nSPS) is 21.8. The summed E-state index contributed by atoms with van der Waals surface area (Å²) < 4.78 is 28.1. The first-order valence-corrected chi connectivity index (χ1v) is 8.01. The van der Waals surface area contributed by atoms with Crippen molar-refractivity contribution in [2.24, 2.45) is 5.92 Å². The van der Waals surface area contributed by atoms with Gasteiger partial charge in [0.1, 0.15) is 0 Å². The molecule has 6 nitrogen and oxygen atoms in total. The number of carbonyl (C=O) groups is 1. The number of hydrogen-bond acceptors (Lipinski definition) is 3. The van der Waals surface area contributed by atoms with Crippen LogP contribution in [-0.4, -0.2) is 36.9 Å². The summed E-state index contributed by atoms with van der Waals surface area (Å²) in [5.74, 6) is -1.57. The lowest BCUT2D eigenvalue weighted by Gasteiger charge is -2.20. The first-order valence-electron chi connectivity index (χ1n) is 6.57. The Balaban J connectivity index is 1.96. The summed E-state index contributed by atoms with van der Waals surface area (Å²) in [4.78, 5) is 10.8. The SMILES string of the molecule is CN(Cc1ccccc1)S(=O)(=O)NC1C=CC(C(=O)O)C1. The summed E-state index contributed by atoms with van der Waals surface area (Å²) in [6.07, 6.45) is 3.35. The van der Waals surface area contributed by atoms with Crippen LogP contribution in [-0.2, 0) is 21.5 Å². The average molecular weight is 310 g/mol. The molecular weight excluding hydrogens is 292 g/mol. The van der Waals surface area contributed by atoms with E-state index in [9.17, 15) is 13.2 Å². The summed E-state index contributed by atoms with van der Waals surface area (Å²) >= 11 is 0. The van der Waals surface area contributed by atoms with Gasteiger partial charge in [0.2, 0.25) is 0 Å². The number of carboxylic acids is 1. The van der Waals surface area contributed by atoms with Crippen molar-refractivity contribution < 1.29 is 18.3 Å². The van der Waals surface area contributed by atoms with Crippen LogP contribution in [0.1, 0.15) is 12.0 Å². The molecule has 1 aliphatic rings. The van der Waals surface area contributed by atoms with Crippen LogP contribution < -0.4 is 4.72 Å². The van der Waals surface area contributed by atoms with Gasteiger partial charge in [-0.1, -0.05) is 42.5 Å². The minimum Gasteiger partial charge on any atom is -0.481 e. The molecule has 0 aliphatic heterocycles. The fourth-order valence-electron chi connectivity index (χ4n) is 2.18. The van der Waals surface area contributed by atoms with Crippen LogP contribution >= 0.6 is 0 Å². The van der Waals surface area contributed by atoms with Gasteiger partial charge in [-0.3, -0.25) is 4.79 Å². The van der Waals surface area contributed by atoms with Crippen LogP contribution in [0.4, 0.5) is 0 Å². The Kier molecular flexibility index (Phi) is 4.76. The van der Waals surface area contributed by atoms with Crippen molar-refractivity contribution in [3.05, 3.63) is 48.0 Å². The molecule has 1 aromatic rings. The standard InChI is InChI=1S/C14H18N2O4S/c1-16(10-11-5-3-2-4-6-11)21(19,20)15-13-8-7-12(9-13)14(17)18/h2-8,12-13,15H,9-10H2,1H3,(H,17,18). The zero-order chi connectivity index (χ0) is 15.5. The second kappa shape index (κ2) is 6.38. The quantitative estimate of drug-likeness (QED) is 0.767. The van der Waals surface area contributed by atoms with E-state index >= 15 is 0 Å². The molecule has 2 N–H and O–H groups in total. The zero-order valence-electron chi connectivity index (χ0n) is 11.6. The largest absolute Gasteiger partial charge is 0.481 e. The van der Waals surface area contributed by atoms with E-state index in [-0.39, 0.29) is 13.0 Å². The van der Waals surface area contributed by atoms with Crippen molar-refractivity contribution in [1.82, 2.24) is 9.03 Å². The second-order valence-electron chi connectivity index (χ2n) is 5.04. The molecule has 0 radical (unpaired) electrons. The highest BCUT2D eigenvalue weighted by atomic mass is 32.2. The van der Waals surface area contributed by atoms with Crippen molar-refractivity contribution in [1.29, 1.82) is 0 Å². The van der Waals surface area contributed by atoms with Gasteiger partial charge >= 0.3 is 5.97 Å². The number of aliphatic carboxylic acids is 1. The second-order valence-corrected chi connectivity index (χ2v) is 6.85. The molecule has 0 aromatic heterocycles. The molecule has 0 fully saturated rings. The molecule has 0 saturated heterocycles.